The van der Waals surface area contributed by atoms with E-state index in [-0.39, 0.29) is 17.6 Å². The quantitative estimate of drug-likeness (QED) is 0.777. The van der Waals surface area contributed by atoms with Crippen molar-refractivity contribution in [3.63, 3.8) is 0 Å². The van der Waals surface area contributed by atoms with E-state index in [4.69, 9.17) is 0 Å². The molecule has 1 aliphatic heterocycles. The number of nitrogens with zero attached hydrogens (tertiary/aromatic N) is 2. The number of imide groups is 1. The Labute approximate surface area is 136 Å². The molecular weight excluding hydrogens is 320 g/mol. The van der Waals surface area contributed by atoms with Crippen LogP contribution in [0.25, 0.3) is 0 Å². The summed E-state index contributed by atoms with van der Waals surface area (Å²) in [6.07, 6.45) is 3.10. The molecule has 0 aromatic rings. The van der Waals surface area contributed by atoms with Crippen LogP contribution in [0, 0.1) is 0 Å². The minimum absolute atomic E-state index is 0.109. The number of rotatable bonds is 3. The highest BCUT2D eigenvalue weighted by molar-refractivity contribution is 7.90. The first-order valence-electron chi connectivity index (χ1n) is 7.99. The van der Waals surface area contributed by atoms with Gasteiger partial charge in [-0.1, -0.05) is 0 Å². The summed E-state index contributed by atoms with van der Waals surface area (Å²) in [6, 6.07) is -1.34. The van der Waals surface area contributed by atoms with E-state index >= 15 is 0 Å². The van der Waals surface area contributed by atoms with Crippen molar-refractivity contribution in [3.8, 4) is 0 Å². The van der Waals surface area contributed by atoms with Crippen LogP contribution >= 0.6 is 0 Å². The van der Waals surface area contributed by atoms with Gasteiger partial charge in [0.05, 0.1) is 17.3 Å². The zero-order valence-electron chi connectivity index (χ0n) is 13.7. The molecule has 3 aliphatic rings. The minimum Gasteiger partial charge on any atom is -0.341 e. The lowest BCUT2D eigenvalue weighted by atomic mass is 9.90. The smallest absolute Gasteiger partial charge is 0.328 e. The Bertz CT molecular complexity index is 631. The second-order valence-electron chi connectivity index (χ2n) is 7.10. The molecule has 0 bridgehead atoms. The highest BCUT2D eigenvalue weighted by Gasteiger charge is 2.52. The van der Waals surface area contributed by atoms with Gasteiger partial charge in [0.15, 0.2) is 0 Å². The standard InChI is InChI=1S/C14H24N4O4S/c1-14(6-7-14)16-23(21,22)9-4-5-10-11(8-9)18(12(19)15-2)13(20)17(10)3/h9-11,16H,4-8H2,1-3H3,(H,15,19). The van der Waals surface area contributed by atoms with Gasteiger partial charge in [0.2, 0.25) is 10.0 Å². The van der Waals surface area contributed by atoms with Gasteiger partial charge in [-0.25, -0.2) is 27.6 Å². The summed E-state index contributed by atoms with van der Waals surface area (Å²) in [5.41, 5.74) is -0.307. The topological polar surface area (TPSA) is 98.8 Å². The van der Waals surface area contributed by atoms with Crippen molar-refractivity contribution < 1.29 is 18.0 Å². The van der Waals surface area contributed by atoms with Crippen LogP contribution in [0.3, 0.4) is 0 Å². The van der Waals surface area contributed by atoms with E-state index in [1.807, 2.05) is 6.92 Å². The van der Waals surface area contributed by atoms with Gasteiger partial charge < -0.3 is 10.2 Å². The average molecular weight is 344 g/mol. The van der Waals surface area contributed by atoms with Crippen molar-refractivity contribution in [1.82, 2.24) is 19.8 Å². The lowest BCUT2D eigenvalue weighted by molar-refractivity contribution is 0.179. The summed E-state index contributed by atoms with van der Waals surface area (Å²) in [6.45, 7) is 1.90. The Morgan fingerprint density at radius 3 is 2.48 bits per heavy atom. The molecule has 3 atom stereocenters. The average Bonchev–Trinajstić information content (AvgIpc) is 3.15. The number of amides is 4. The van der Waals surface area contributed by atoms with Crippen LogP contribution in [0.1, 0.15) is 39.0 Å². The predicted octanol–water partition coefficient (Wildman–Crippen LogP) is 0.455. The Kier molecular flexibility index (Phi) is 3.83. The number of nitrogens with one attached hydrogen (secondary N) is 2. The van der Waals surface area contributed by atoms with Gasteiger partial charge >= 0.3 is 12.1 Å². The van der Waals surface area contributed by atoms with Crippen LogP contribution in [0.2, 0.25) is 0 Å². The molecule has 0 aromatic carbocycles. The van der Waals surface area contributed by atoms with Gasteiger partial charge in [0.1, 0.15) is 0 Å². The van der Waals surface area contributed by atoms with E-state index in [1.165, 1.54) is 11.9 Å². The number of hydrogen-bond donors (Lipinski definition) is 2. The highest BCUT2D eigenvalue weighted by Crippen LogP contribution is 2.39. The number of fused-ring (bicyclic) bond motifs is 1. The molecule has 0 radical (unpaired) electrons. The van der Waals surface area contributed by atoms with E-state index in [2.05, 4.69) is 10.0 Å². The normalized spacial score (nSPS) is 32.7. The van der Waals surface area contributed by atoms with Crippen molar-refractivity contribution in [2.24, 2.45) is 0 Å². The summed E-state index contributed by atoms with van der Waals surface area (Å²) in [5, 5.41) is 1.90. The van der Waals surface area contributed by atoms with Gasteiger partial charge in [0.25, 0.3) is 0 Å². The van der Waals surface area contributed by atoms with E-state index in [1.54, 1.807) is 11.9 Å². The monoisotopic (exact) mass is 344 g/mol. The third-order valence-corrected chi connectivity index (χ3v) is 7.41. The molecule has 1 saturated heterocycles. The minimum atomic E-state index is -3.45. The van der Waals surface area contributed by atoms with Crippen LogP contribution in [-0.4, -0.2) is 67.2 Å². The zero-order chi connectivity index (χ0) is 17.0. The molecule has 2 N–H and O–H groups in total. The molecule has 0 aromatic heterocycles. The third-order valence-electron chi connectivity index (χ3n) is 5.33. The number of hydrogen-bond acceptors (Lipinski definition) is 4. The molecule has 1 heterocycles. The van der Waals surface area contributed by atoms with Crippen LogP contribution in [-0.2, 0) is 10.0 Å². The number of carbonyl (C=O) groups excluding carboxylic acids is 2. The molecule has 2 aliphatic carbocycles. The van der Waals surface area contributed by atoms with Crippen LogP contribution < -0.4 is 10.0 Å². The lowest BCUT2D eigenvalue weighted by Crippen LogP contribution is -2.52. The second-order valence-corrected chi connectivity index (χ2v) is 9.06. The fraction of sp³-hybridized carbons (Fsp3) is 0.857. The first-order chi connectivity index (χ1) is 10.7. The van der Waals surface area contributed by atoms with Crippen LogP contribution in [0.15, 0.2) is 0 Å². The molecule has 2 saturated carbocycles. The second kappa shape index (κ2) is 5.34. The molecule has 0 spiro atoms. The molecule has 9 heteroatoms. The Balaban J connectivity index is 1.79. The fourth-order valence-electron chi connectivity index (χ4n) is 3.63. The maximum atomic E-state index is 12.6. The molecule has 3 fully saturated rings. The maximum absolute atomic E-state index is 12.6. The first kappa shape index (κ1) is 16.5. The Morgan fingerprint density at radius 1 is 1.26 bits per heavy atom. The van der Waals surface area contributed by atoms with E-state index in [0.717, 1.165) is 12.8 Å². The van der Waals surface area contributed by atoms with Gasteiger partial charge in [-0.05, 0) is 39.0 Å². The van der Waals surface area contributed by atoms with Crippen LogP contribution in [0.5, 0.6) is 0 Å². The summed E-state index contributed by atoms with van der Waals surface area (Å²) in [7, 11) is -0.311. The van der Waals surface area contributed by atoms with Crippen molar-refractivity contribution in [1.29, 1.82) is 0 Å². The van der Waals surface area contributed by atoms with E-state index < -0.39 is 27.3 Å². The number of sulfonamides is 1. The predicted molar refractivity (Wildman–Crippen MR) is 84.4 cm³/mol. The zero-order valence-corrected chi connectivity index (χ0v) is 14.5. The molecule has 4 amide bonds. The SMILES string of the molecule is CNC(=O)N1C(=O)N(C)C2CCC(S(=O)(=O)NC3(C)CC3)CC21. The summed E-state index contributed by atoms with van der Waals surface area (Å²) < 4.78 is 28.0. The maximum Gasteiger partial charge on any atom is 0.328 e. The largest absolute Gasteiger partial charge is 0.341 e. The Hall–Kier alpha value is -1.35. The molecule has 130 valence electrons. The number of carbonyl (C=O) groups is 2. The number of likely N-dealkylation sites (N-methyl/N-ethyl adjacent to an activating group) is 1. The van der Waals surface area contributed by atoms with E-state index in [0.29, 0.717) is 19.3 Å². The van der Waals surface area contributed by atoms with Crippen molar-refractivity contribution >= 4 is 22.1 Å². The molecule has 3 rings (SSSR count). The summed E-state index contributed by atoms with van der Waals surface area (Å²) in [4.78, 5) is 27.0. The van der Waals surface area contributed by atoms with Gasteiger partial charge in [0, 0.05) is 19.6 Å². The van der Waals surface area contributed by atoms with Crippen molar-refractivity contribution in [3.05, 3.63) is 0 Å². The fourth-order valence-corrected chi connectivity index (χ4v) is 5.59. The van der Waals surface area contributed by atoms with Gasteiger partial charge in [-0.3, -0.25) is 0 Å². The van der Waals surface area contributed by atoms with E-state index in [9.17, 15) is 18.0 Å². The molecule has 3 unspecified atom stereocenters. The first-order valence-corrected chi connectivity index (χ1v) is 9.54. The van der Waals surface area contributed by atoms with Gasteiger partial charge in [-0.15, -0.1) is 0 Å². The van der Waals surface area contributed by atoms with Crippen LogP contribution in [0.4, 0.5) is 9.59 Å². The molecule has 8 nitrogen and oxygen atoms in total. The summed E-state index contributed by atoms with van der Waals surface area (Å²) >= 11 is 0. The van der Waals surface area contributed by atoms with Crippen molar-refractivity contribution in [2.75, 3.05) is 14.1 Å². The highest BCUT2D eigenvalue weighted by atomic mass is 32.2. The van der Waals surface area contributed by atoms with Crippen molar-refractivity contribution in [2.45, 2.75) is 61.9 Å². The third kappa shape index (κ3) is 2.80. The number of urea groups is 2. The lowest BCUT2D eigenvalue weighted by Gasteiger charge is -2.35. The molecular formula is C14H24N4O4S. The Morgan fingerprint density at radius 2 is 1.91 bits per heavy atom. The van der Waals surface area contributed by atoms with Gasteiger partial charge in [-0.2, -0.15) is 0 Å². The molecule has 23 heavy (non-hydrogen) atoms. The summed E-state index contributed by atoms with van der Waals surface area (Å²) in [5.74, 6) is 0.